The first-order chi connectivity index (χ1) is 8.74. The van der Waals surface area contributed by atoms with E-state index in [1.807, 2.05) is 0 Å². The van der Waals surface area contributed by atoms with E-state index >= 15 is 0 Å². The van der Waals surface area contributed by atoms with E-state index in [0.29, 0.717) is 12.6 Å². The lowest BCUT2D eigenvalue weighted by molar-refractivity contribution is -0.0165. The lowest BCUT2D eigenvalue weighted by atomic mass is 9.80. The minimum Gasteiger partial charge on any atom is -0.396 e. The molecular formula is C15H29NO2. The fourth-order valence-corrected chi connectivity index (χ4v) is 3.42. The first-order valence-corrected chi connectivity index (χ1v) is 7.66. The molecule has 1 heterocycles. The molecule has 1 aliphatic carbocycles. The molecule has 0 aromatic heterocycles. The number of ether oxygens (including phenoxy) is 1. The fourth-order valence-electron chi connectivity index (χ4n) is 3.42. The molecule has 18 heavy (non-hydrogen) atoms. The van der Waals surface area contributed by atoms with Gasteiger partial charge < -0.3 is 15.2 Å². The Bertz CT molecular complexity index is 233. The molecule has 1 aliphatic heterocycles. The lowest BCUT2D eigenvalue weighted by Crippen LogP contribution is -2.44. The number of rotatable bonds is 6. The maximum Gasteiger partial charge on any atom is 0.0501 e. The third kappa shape index (κ3) is 3.94. The Morgan fingerprint density at radius 1 is 1.28 bits per heavy atom. The molecule has 0 amide bonds. The van der Waals surface area contributed by atoms with E-state index < -0.39 is 0 Å². The van der Waals surface area contributed by atoms with E-state index in [9.17, 15) is 5.11 Å². The Balaban J connectivity index is 1.71. The Labute approximate surface area is 111 Å². The van der Waals surface area contributed by atoms with Crippen molar-refractivity contribution < 1.29 is 9.84 Å². The maximum atomic E-state index is 9.64. The summed E-state index contributed by atoms with van der Waals surface area (Å²) in [5.74, 6) is 0.937. The maximum absolute atomic E-state index is 9.64. The van der Waals surface area contributed by atoms with E-state index in [0.717, 1.165) is 38.5 Å². The van der Waals surface area contributed by atoms with E-state index in [-0.39, 0.29) is 5.41 Å². The minimum atomic E-state index is 0.0716. The van der Waals surface area contributed by atoms with Crippen LogP contribution in [-0.2, 0) is 4.74 Å². The van der Waals surface area contributed by atoms with Crippen LogP contribution in [0, 0.1) is 11.3 Å². The molecule has 0 bridgehead atoms. The van der Waals surface area contributed by atoms with Gasteiger partial charge >= 0.3 is 0 Å². The van der Waals surface area contributed by atoms with Gasteiger partial charge in [0.1, 0.15) is 0 Å². The van der Waals surface area contributed by atoms with Crippen LogP contribution < -0.4 is 5.32 Å². The van der Waals surface area contributed by atoms with E-state index in [1.165, 1.54) is 32.1 Å². The van der Waals surface area contributed by atoms with Crippen LogP contribution in [0.3, 0.4) is 0 Å². The number of hydrogen-bond donors (Lipinski definition) is 2. The molecule has 0 radical (unpaired) electrons. The van der Waals surface area contributed by atoms with Crippen LogP contribution in [0.15, 0.2) is 0 Å². The van der Waals surface area contributed by atoms with Gasteiger partial charge in [-0.25, -0.2) is 0 Å². The molecule has 1 saturated carbocycles. The van der Waals surface area contributed by atoms with Crippen LogP contribution in [0.25, 0.3) is 0 Å². The summed E-state index contributed by atoms with van der Waals surface area (Å²) in [6.07, 6.45) is 8.98. The van der Waals surface area contributed by atoms with Gasteiger partial charge in [-0.3, -0.25) is 0 Å². The first kappa shape index (κ1) is 14.3. The second-order valence-corrected chi connectivity index (χ2v) is 6.44. The Morgan fingerprint density at radius 3 is 2.56 bits per heavy atom. The predicted octanol–water partition coefficient (Wildman–Crippen LogP) is 2.33. The molecule has 106 valence electrons. The SMILES string of the molecule is CC(CC1CCCC1)NCC1(CO)CCOCC1. The van der Waals surface area contributed by atoms with Crippen LogP contribution in [0.2, 0.25) is 0 Å². The van der Waals surface area contributed by atoms with Crippen molar-refractivity contribution in [3.8, 4) is 0 Å². The van der Waals surface area contributed by atoms with Crippen molar-refractivity contribution in [3.05, 3.63) is 0 Å². The summed E-state index contributed by atoms with van der Waals surface area (Å²) < 4.78 is 5.40. The molecule has 0 spiro atoms. The highest BCUT2D eigenvalue weighted by molar-refractivity contribution is 4.85. The number of aliphatic hydroxyl groups is 1. The Hall–Kier alpha value is -0.120. The van der Waals surface area contributed by atoms with Crippen molar-refractivity contribution in [2.24, 2.45) is 11.3 Å². The van der Waals surface area contributed by atoms with Gasteiger partial charge in [0.2, 0.25) is 0 Å². The minimum absolute atomic E-state index is 0.0716. The zero-order valence-corrected chi connectivity index (χ0v) is 11.8. The van der Waals surface area contributed by atoms with Crippen LogP contribution in [0.1, 0.15) is 51.9 Å². The van der Waals surface area contributed by atoms with Crippen molar-refractivity contribution in [1.82, 2.24) is 5.32 Å². The van der Waals surface area contributed by atoms with Crippen molar-refractivity contribution in [2.45, 2.75) is 57.9 Å². The number of hydrogen-bond acceptors (Lipinski definition) is 3. The zero-order chi connectivity index (χ0) is 12.8. The Kier molecular flexibility index (Phi) is 5.46. The Morgan fingerprint density at radius 2 is 1.94 bits per heavy atom. The van der Waals surface area contributed by atoms with Crippen molar-refractivity contribution in [3.63, 3.8) is 0 Å². The second kappa shape index (κ2) is 6.88. The second-order valence-electron chi connectivity index (χ2n) is 6.44. The monoisotopic (exact) mass is 255 g/mol. The average Bonchev–Trinajstić information content (AvgIpc) is 2.90. The summed E-state index contributed by atoms with van der Waals surface area (Å²) in [5, 5.41) is 13.3. The molecule has 2 N–H and O–H groups in total. The molecular weight excluding hydrogens is 226 g/mol. The summed E-state index contributed by atoms with van der Waals surface area (Å²) in [4.78, 5) is 0. The number of aliphatic hydroxyl groups excluding tert-OH is 1. The molecule has 3 heteroatoms. The summed E-state index contributed by atoms with van der Waals surface area (Å²) in [6.45, 7) is 5.14. The molecule has 0 aromatic carbocycles. The standard InChI is InChI=1S/C15H29NO2/c1-13(10-14-4-2-3-5-14)16-11-15(12-17)6-8-18-9-7-15/h13-14,16-17H,2-12H2,1H3. The van der Waals surface area contributed by atoms with E-state index in [1.54, 1.807) is 0 Å². The summed E-state index contributed by atoms with van der Waals surface area (Å²) in [7, 11) is 0. The van der Waals surface area contributed by atoms with Crippen molar-refractivity contribution in [1.29, 1.82) is 0 Å². The molecule has 0 aromatic rings. The quantitative estimate of drug-likeness (QED) is 0.765. The van der Waals surface area contributed by atoms with Gasteiger partial charge in [-0.05, 0) is 32.1 Å². The third-order valence-corrected chi connectivity index (χ3v) is 4.88. The van der Waals surface area contributed by atoms with Crippen LogP contribution in [0.4, 0.5) is 0 Å². The molecule has 1 atom stereocenters. The largest absolute Gasteiger partial charge is 0.396 e. The van der Waals surface area contributed by atoms with Crippen LogP contribution in [0.5, 0.6) is 0 Å². The molecule has 1 unspecified atom stereocenters. The molecule has 3 nitrogen and oxygen atoms in total. The summed E-state index contributed by atoms with van der Waals surface area (Å²) >= 11 is 0. The van der Waals surface area contributed by atoms with Crippen molar-refractivity contribution >= 4 is 0 Å². The van der Waals surface area contributed by atoms with E-state index in [4.69, 9.17) is 4.74 Å². The van der Waals surface area contributed by atoms with Crippen LogP contribution >= 0.6 is 0 Å². The third-order valence-electron chi connectivity index (χ3n) is 4.88. The molecule has 2 aliphatic rings. The van der Waals surface area contributed by atoms with Gasteiger partial charge in [0.25, 0.3) is 0 Å². The molecule has 2 rings (SSSR count). The van der Waals surface area contributed by atoms with Gasteiger partial charge in [-0.15, -0.1) is 0 Å². The zero-order valence-electron chi connectivity index (χ0n) is 11.8. The highest BCUT2D eigenvalue weighted by Crippen LogP contribution is 2.31. The molecule has 2 fully saturated rings. The van der Waals surface area contributed by atoms with Gasteiger partial charge in [-0.1, -0.05) is 25.7 Å². The smallest absolute Gasteiger partial charge is 0.0501 e. The van der Waals surface area contributed by atoms with Crippen molar-refractivity contribution in [2.75, 3.05) is 26.4 Å². The summed E-state index contributed by atoms with van der Waals surface area (Å²) in [6, 6.07) is 0.583. The van der Waals surface area contributed by atoms with Gasteiger partial charge in [-0.2, -0.15) is 0 Å². The van der Waals surface area contributed by atoms with E-state index in [2.05, 4.69) is 12.2 Å². The average molecular weight is 255 g/mol. The molecule has 1 saturated heterocycles. The lowest BCUT2D eigenvalue weighted by Gasteiger charge is -2.36. The normalized spacial score (nSPS) is 26.3. The topological polar surface area (TPSA) is 41.5 Å². The van der Waals surface area contributed by atoms with Gasteiger partial charge in [0.05, 0.1) is 6.61 Å². The van der Waals surface area contributed by atoms with Gasteiger partial charge in [0.15, 0.2) is 0 Å². The summed E-state index contributed by atoms with van der Waals surface area (Å²) in [5.41, 5.74) is 0.0716. The highest BCUT2D eigenvalue weighted by Gasteiger charge is 2.32. The highest BCUT2D eigenvalue weighted by atomic mass is 16.5. The van der Waals surface area contributed by atoms with Gasteiger partial charge in [0, 0.05) is 31.2 Å². The predicted molar refractivity (Wildman–Crippen MR) is 73.6 cm³/mol. The fraction of sp³-hybridized carbons (Fsp3) is 1.00. The first-order valence-electron chi connectivity index (χ1n) is 7.66. The van der Waals surface area contributed by atoms with Crippen LogP contribution in [-0.4, -0.2) is 37.5 Å². The number of nitrogens with one attached hydrogen (secondary N) is 1.